The molecule has 1 heterocycles. The van der Waals surface area contributed by atoms with Gasteiger partial charge in [-0.15, -0.1) is 0 Å². The number of hydrogen-bond acceptors (Lipinski definition) is 6. The first-order valence-electron chi connectivity index (χ1n) is 12.8. The minimum absolute atomic E-state index is 0.0410. The number of nitrogens with zero attached hydrogens (tertiary/aromatic N) is 3. The summed E-state index contributed by atoms with van der Waals surface area (Å²) in [6.45, 7) is 7.41. The van der Waals surface area contributed by atoms with Crippen molar-refractivity contribution in [3.05, 3.63) is 93.9 Å². The van der Waals surface area contributed by atoms with Crippen LogP contribution in [0.15, 0.2) is 76.6 Å². The van der Waals surface area contributed by atoms with E-state index in [1.165, 1.54) is 17.3 Å². The number of aryl methyl sites for hydroxylation is 1. The van der Waals surface area contributed by atoms with Crippen LogP contribution in [0.4, 0.5) is 5.69 Å². The van der Waals surface area contributed by atoms with E-state index in [-0.39, 0.29) is 12.5 Å². The van der Waals surface area contributed by atoms with Crippen LogP contribution in [0.25, 0.3) is 6.08 Å². The summed E-state index contributed by atoms with van der Waals surface area (Å²) in [4.78, 5) is 20.5. The minimum atomic E-state index is -0.0410. The molecule has 3 aromatic carbocycles. The van der Waals surface area contributed by atoms with Crippen molar-refractivity contribution in [1.29, 1.82) is 5.26 Å². The van der Waals surface area contributed by atoms with Crippen LogP contribution in [0.1, 0.15) is 48.9 Å². The zero-order valence-corrected chi connectivity index (χ0v) is 22.8. The molecule has 1 amide bonds. The van der Waals surface area contributed by atoms with E-state index in [1.807, 2.05) is 80.6 Å². The van der Waals surface area contributed by atoms with Gasteiger partial charge in [-0.2, -0.15) is 5.26 Å². The van der Waals surface area contributed by atoms with Gasteiger partial charge in [0, 0.05) is 12.1 Å². The molecule has 194 valence electrons. The molecule has 1 aliphatic heterocycles. The molecule has 0 atom stereocenters. The largest absolute Gasteiger partial charge is 0.490 e. The lowest BCUT2D eigenvalue weighted by atomic mass is 10.1. The van der Waals surface area contributed by atoms with Gasteiger partial charge in [-0.05, 0) is 74.0 Å². The first kappa shape index (κ1) is 27.0. The second kappa shape index (κ2) is 13.0. The highest BCUT2D eigenvalue weighted by molar-refractivity contribution is 8.18. The van der Waals surface area contributed by atoms with Gasteiger partial charge in [-0.1, -0.05) is 55.3 Å². The third kappa shape index (κ3) is 6.64. The standard InChI is InChI=1S/C31H31N3O3S/c1-4-6-17-34-30(35)29(38-31(34)33-26-14-11-22(3)12-15-26)19-23-13-16-27(28(18-23)36-5-2)37-21-25-10-8-7-9-24(25)20-32/h7-16,18-19H,4-6,17,21H2,1-3H3/b29-19+,33-31?. The quantitative estimate of drug-likeness (QED) is 0.261. The number of thioether (sulfide) groups is 1. The van der Waals surface area contributed by atoms with E-state index in [2.05, 4.69) is 13.0 Å². The number of unbranched alkanes of at least 4 members (excludes halogenated alkanes) is 1. The lowest BCUT2D eigenvalue weighted by Crippen LogP contribution is -2.30. The normalized spacial score (nSPS) is 15.2. The molecule has 0 bridgehead atoms. The molecule has 0 aliphatic carbocycles. The topological polar surface area (TPSA) is 74.9 Å². The van der Waals surface area contributed by atoms with E-state index < -0.39 is 0 Å². The number of rotatable bonds is 10. The number of ether oxygens (including phenoxy) is 2. The molecule has 0 radical (unpaired) electrons. The summed E-state index contributed by atoms with van der Waals surface area (Å²) in [7, 11) is 0. The lowest BCUT2D eigenvalue weighted by molar-refractivity contribution is -0.122. The Hall–Kier alpha value is -4.02. The van der Waals surface area contributed by atoms with E-state index in [4.69, 9.17) is 14.5 Å². The Labute approximate surface area is 228 Å². The maximum absolute atomic E-state index is 13.3. The summed E-state index contributed by atoms with van der Waals surface area (Å²) in [5, 5.41) is 10.0. The average molecular weight is 526 g/mol. The maximum Gasteiger partial charge on any atom is 0.266 e. The van der Waals surface area contributed by atoms with Crippen LogP contribution < -0.4 is 9.47 Å². The van der Waals surface area contributed by atoms with Gasteiger partial charge in [-0.3, -0.25) is 9.69 Å². The fourth-order valence-corrected chi connectivity index (χ4v) is 4.92. The predicted molar refractivity (Wildman–Crippen MR) is 154 cm³/mol. The Morgan fingerprint density at radius 2 is 1.82 bits per heavy atom. The van der Waals surface area contributed by atoms with Crippen LogP contribution in [0.3, 0.4) is 0 Å². The maximum atomic E-state index is 13.3. The fourth-order valence-electron chi connectivity index (χ4n) is 3.90. The monoisotopic (exact) mass is 525 g/mol. The molecule has 3 aromatic rings. The van der Waals surface area contributed by atoms with Gasteiger partial charge in [0.2, 0.25) is 0 Å². The molecular weight excluding hydrogens is 494 g/mol. The van der Waals surface area contributed by atoms with Gasteiger partial charge in [0.15, 0.2) is 16.7 Å². The molecule has 6 nitrogen and oxygen atoms in total. The lowest BCUT2D eigenvalue weighted by Gasteiger charge is -2.15. The summed E-state index contributed by atoms with van der Waals surface area (Å²) >= 11 is 1.39. The van der Waals surface area contributed by atoms with Crippen LogP contribution in [0, 0.1) is 18.3 Å². The average Bonchev–Trinajstić information content (AvgIpc) is 3.21. The summed E-state index contributed by atoms with van der Waals surface area (Å²) < 4.78 is 11.9. The van der Waals surface area contributed by atoms with Gasteiger partial charge in [0.25, 0.3) is 5.91 Å². The zero-order valence-electron chi connectivity index (χ0n) is 21.9. The molecular formula is C31H31N3O3S. The highest BCUT2D eigenvalue weighted by Gasteiger charge is 2.33. The smallest absolute Gasteiger partial charge is 0.266 e. The molecule has 0 spiro atoms. The van der Waals surface area contributed by atoms with Crippen molar-refractivity contribution in [1.82, 2.24) is 4.90 Å². The van der Waals surface area contributed by atoms with Crippen molar-refractivity contribution in [2.24, 2.45) is 4.99 Å². The van der Waals surface area contributed by atoms with Crippen LogP contribution in [-0.2, 0) is 11.4 Å². The molecule has 0 N–H and O–H groups in total. The zero-order chi connectivity index (χ0) is 26.9. The van der Waals surface area contributed by atoms with Crippen molar-refractivity contribution in [2.75, 3.05) is 13.2 Å². The number of carbonyl (C=O) groups is 1. The number of amides is 1. The van der Waals surface area contributed by atoms with Crippen LogP contribution >= 0.6 is 11.8 Å². The number of aliphatic imine (C=N–C) groups is 1. The minimum Gasteiger partial charge on any atom is -0.490 e. The van der Waals surface area contributed by atoms with Gasteiger partial charge in [-0.25, -0.2) is 4.99 Å². The number of nitriles is 1. The molecule has 7 heteroatoms. The Morgan fingerprint density at radius 1 is 1.03 bits per heavy atom. The van der Waals surface area contributed by atoms with Crippen molar-refractivity contribution >= 4 is 34.6 Å². The fraction of sp³-hybridized carbons (Fsp3) is 0.258. The third-order valence-corrected chi connectivity index (χ3v) is 6.98. The Bertz CT molecular complexity index is 1390. The van der Waals surface area contributed by atoms with E-state index >= 15 is 0 Å². The van der Waals surface area contributed by atoms with Crippen LogP contribution in [0.2, 0.25) is 0 Å². The Balaban J connectivity index is 1.58. The van der Waals surface area contributed by atoms with E-state index in [0.717, 1.165) is 29.7 Å². The van der Waals surface area contributed by atoms with Crippen LogP contribution in [0.5, 0.6) is 11.5 Å². The molecule has 4 rings (SSSR count). The first-order chi connectivity index (χ1) is 18.5. The molecule has 0 unspecified atom stereocenters. The summed E-state index contributed by atoms with van der Waals surface area (Å²) in [6, 6.07) is 23.2. The van der Waals surface area contributed by atoms with E-state index in [9.17, 15) is 10.1 Å². The van der Waals surface area contributed by atoms with Crippen molar-refractivity contribution in [2.45, 2.75) is 40.2 Å². The number of hydrogen-bond donors (Lipinski definition) is 0. The van der Waals surface area contributed by atoms with E-state index in [0.29, 0.717) is 40.3 Å². The van der Waals surface area contributed by atoms with Gasteiger partial charge >= 0.3 is 0 Å². The summed E-state index contributed by atoms with van der Waals surface area (Å²) in [5.41, 5.74) is 4.22. The first-order valence-corrected chi connectivity index (χ1v) is 13.6. The second-order valence-corrected chi connectivity index (χ2v) is 9.86. The SMILES string of the molecule is CCCCN1C(=O)/C(=C\c2ccc(OCc3ccccc3C#N)c(OCC)c2)SC1=Nc1ccc(C)cc1. The molecule has 38 heavy (non-hydrogen) atoms. The molecule has 1 aliphatic rings. The number of carbonyl (C=O) groups excluding carboxylic acids is 1. The van der Waals surface area contributed by atoms with Crippen molar-refractivity contribution < 1.29 is 14.3 Å². The second-order valence-electron chi connectivity index (χ2n) is 8.85. The molecule has 1 fully saturated rings. The highest BCUT2D eigenvalue weighted by atomic mass is 32.2. The van der Waals surface area contributed by atoms with Gasteiger partial charge in [0.05, 0.1) is 28.8 Å². The highest BCUT2D eigenvalue weighted by Crippen LogP contribution is 2.36. The number of amidine groups is 1. The van der Waals surface area contributed by atoms with Crippen molar-refractivity contribution in [3.63, 3.8) is 0 Å². The van der Waals surface area contributed by atoms with Crippen LogP contribution in [-0.4, -0.2) is 29.1 Å². The summed E-state index contributed by atoms with van der Waals surface area (Å²) in [5.74, 6) is 1.13. The molecule has 0 saturated carbocycles. The predicted octanol–water partition coefficient (Wildman–Crippen LogP) is 7.25. The van der Waals surface area contributed by atoms with Gasteiger partial charge < -0.3 is 9.47 Å². The third-order valence-electron chi connectivity index (χ3n) is 5.97. The molecule has 0 aromatic heterocycles. The molecule has 1 saturated heterocycles. The Kier molecular flexibility index (Phi) is 9.23. The Morgan fingerprint density at radius 3 is 2.55 bits per heavy atom. The van der Waals surface area contributed by atoms with E-state index in [1.54, 1.807) is 11.0 Å². The summed E-state index contributed by atoms with van der Waals surface area (Å²) in [6.07, 6.45) is 3.77. The van der Waals surface area contributed by atoms with Crippen molar-refractivity contribution in [3.8, 4) is 17.6 Å². The number of benzene rings is 3. The van der Waals surface area contributed by atoms with Gasteiger partial charge in [0.1, 0.15) is 6.61 Å².